The SMILES string of the molecule is CCC.Cc1c(C)c(S(N)(=O)=O)c(C)c2c1OC(C)(C)C2.[HH]. The van der Waals surface area contributed by atoms with E-state index in [1.54, 1.807) is 13.8 Å². The molecule has 4 nitrogen and oxygen atoms in total. The van der Waals surface area contributed by atoms with E-state index in [0.29, 0.717) is 12.0 Å². The van der Waals surface area contributed by atoms with Gasteiger partial charge < -0.3 is 4.74 Å². The van der Waals surface area contributed by atoms with Gasteiger partial charge in [-0.2, -0.15) is 0 Å². The van der Waals surface area contributed by atoms with Crippen LogP contribution in [-0.2, 0) is 16.4 Å². The molecule has 0 aromatic heterocycles. The average molecular weight is 315 g/mol. The third-order valence-corrected chi connectivity index (χ3v) is 4.76. The lowest BCUT2D eigenvalue weighted by molar-refractivity contribution is 0.137. The summed E-state index contributed by atoms with van der Waals surface area (Å²) in [5.74, 6) is 0.822. The van der Waals surface area contributed by atoms with Crippen molar-refractivity contribution in [1.29, 1.82) is 0 Å². The number of fused-ring (bicyclic) bond motifs is 1. The highest BCUT2D eigenvalue weighted by molar-refractivity contribution is 7.89. The van der Waals surface area contributed by atoms with E-state index in [1.807, 2.05) is 20.8 Å². The van der Waals surface area contributed by atoms with Gasteiger partial charge >= 0.3 is 0 Å². The highest BCUT2D eigenvalue weighted by atomic mass is 32.2. The third-order valence-electron chi connectivity index (χ3n) is 3.58. The van der Waals surface area contributed by atoms with Crippen LogP contribution < -0.4 is 9.88 Å². The zero-order chi connectivity index (χ0) is 16.6. The highest BCUT2D eigenvalue weighted by Gasteiger charge is 2.35. The van der Waals surface area contributed by atoms with Crippen LogP contribution in [-0.4, -0.2) is 14.0 Å². The van der Waals surface area contributed by atoms with Gasteiger partial charge in [-0.3, -0.25) is 0 Å². The largest absolute Gasteiger partial charge is 0.487 e. The molecule has 0 radical (unpaired) electrons. The lowest BCUT2D eigenvalue weighted by Crippen LogP contribution is -2.24. The monoisotopic (exact) mass is 315 g/mol. The molecule has 0 atom stereocenters. The minimum atomic E-state index is -3.70. The Morgan fingerprint density at radius 2 is 1.62 bits per heavy atom. The second-order valence-electron chi connectivity index (χ2n) is 6.30. The Labute approximate surface area is 130 Å². The number of rotatable bonds is 1. The fourth-order valence-corrected chi connectivity index (χ4v) is 3.80. The maximum absolute atomic E-state index is 11.7. The molecule has 0 fully saturated rings. The summed E-state index contributed by atoms with van der Waals surface area (Å²) in [4.78, 5) is 0.250. The van der Waals surface area contributed by atoms with E-state index < -0.39 is 10.0 Å². The summed E-state index contributed by atoms with van der Waals surface area (Å²) in [5, 5.41) is 5.32. The minimum Gasteiger partial charge on any atom is -0.487 e. The van der Waals surface area contributed by atoms with Crippen molar-refractivity contribution in [2.75, 3.05) is 0 Å². The number of benzene rings is 1. The number of ether oxygens (including phenoxy) is 1. The lowest BCUT2D eigenvalue weighted by atomic mass is 9.94. The van der Waals surface area contributed by atoms with Gasteiger partial charge in [0.15, 0.2) is 0 Å². The Bertz CT molecular complexity index is 652. The normalized spacial score (nSPS) is 15.8. The Hall–Kier alpha value is -1.07. The van der Waals surface area contributed by atoms with Crippen molar-refractivity contribution in [3.05, 3.63) is 22.3 Å². The Kier molecular flexibility index (Phi) is 5.11. The predicted molar refractivity (Wildman–Crippen MR) is 88.5 cm³/mol. The molecule has 2 N–H and O–H groups in total. The second-order valence-corrected chi connectivity index (χ2v) is 7.80. The first kappa shape index (κ1) is 18.0. The molecule has 1 aromatic carbocycles. The Morgan fingerprint density at radius 3 is 2.05 bits per heavy atom. The van der Waals surface area contributed by atoms with Crippen molar-refractivity contribution in [3.8, 4) is 5.75 Å². The molecule has 0 spiro atoms. The lowest BCUT2D eigenvalue weighted by Gasteiger charge is -2.18. The number of primary sulfonamides is 1. The fourth-order valence-electron chi connectivity index (χ4n) is 2.67. The summed E-state index contributed by atoms with van der Waals surface area (Å²) in [7, 11) is -3.70. The molecule has 1 aliphatic rings. The van der Waals surface area contributed by atoms with Crippen molar-refractivity contribution in [2.24, 2.45) is 5.14 Å². The molecule has 0 saturated heterocycles. The molecule has 0 amide bonds. The summed E-state index contributed by atoms with van der Waals surface area (Å²) < 4.78 is 29.4. The van der Waals surface area contributed by atoms with Crippen LogP contribution in [0.2, 0.25) is 0 Å². The van der Waals surface area contributed by atoms with E-state index >= 15 is 0 Å². The van der Waals surface area contributed by atoms with Gasteiger partial charge in [0, 0.05) is 13.4 Å². The van der Waals surface area contributed by atoms with Gasteiger partial charge in [-0.1, -0.05) is 20.3 Å². The summed E-state index contributed by atoms with van der Waals surface area (Å²) in [5.41, 5.74) is 2.95. The van der Waals surface area contributed by atoms with Crippen molar-refractivity contribution in [2.45, 2.75) is 71.8 Å². The molecule has 1 heterocycles. The Balaban J connectivity index is 0.00000102. The van der Waals surface area contributed by atoms with E-state index in [4.69, 9.17) is 9.88 Å². The second kappa shape index (κ2) is 5.97. The van der Waals surface area contributed by atoms with Crippen LogP contribution in [0.3, 0.4) is 0 Å². The zero-order valence-corrected chi connectivity index (χ0v) is 14.9. The van der Waals surface area contributed by atoms with Gasteiger partial charge in [0.05, 0.1) is 4.90 Å². The molecule has 122 valence electrons. The zero-order valence-electron chi connectivity index (χ0n) is 14.1. The van der Waals surface area contributed by atoms with Crippen LogP contribution in [0, 0.1) is 20.8 Å². The first-order chi connectivity index (χ1) is 9.46. The summed E-state index contributed by atoms with van der Waals surface area (Å²) in [6.07, 6.45) is 1.96. The molecule has 5 heteroatoms. The van der Waals surface area contributed by atoms with Gasteiger partial charge in [0.2, 0.25) is 10.0 Å². The maximum Gasteiger partial charge on any atom is 0.238 e. The van der Waals surface area contributed by atoms with Gasteiger partial charge in [-0.05, 0) is 51.3 Å². The number of sulfonamides is 1. The first-order valence-corrected chi connectivity index (χ1v) is 8.85. The standard InChI is InChI=1S/C13H19NO3S.C3H8.H2/c1-7-8(2)12(18(14,15)16)9(3)10-6-13(4,5)17-11(7)10;1-3-2;/h6H2,1-5H3,(H2,14,15,16);3H2,1-2H3;1H. The molecule has 0 aliphatic carbocycles. The van der Waals surface area contributed by atoms with Crippen LogP contribution in [0.15, 0.2) is 4.90 Å². The molecule has 2 rings (SSSR count). The molecule has 1 aromatic rings. The highest BCUT2D eigenvalue weighted by Crippen LogP contribution is 2.43. The fraction of sp³-hybridized carbons (Fsp3) is 0.625. The quantitative estimate of drug-likeness (QED) is 0.860. The van der Waals surface area contributed by atoms with E-state index in [1.165, 1.54) is 6.42 Å². The number of hydrogen-bond donors (Lipinski definition) is 1. The topological polar surface area (TPSA) is 69.4 Å². The van der Waals surface area contributed by atoms with Crippen LogP contribution in [0.1, 0.15) is 57.8 Å². The average Bonchev–Trinajstić information content (AvgIpc) is 2.62. The molecule has 21 heavy (non-hydrogen) atoms. The van der Waals surface area contributed by atoms with Crippen LogP contribution >= 0.6 is 0 Å². The smallest absolute Gasteiger partial charge is 0.238 e. The molecular weight excluding hydrogens is 286 g/mol. The molecule has 0 unspecified atom stereocenters. The number of nitrogens with two attached hydrogens (primary N) is 1. The van der Waals surface area contributed by atoms with Gasteiger partial charge in [-0.15, -0.1) is 0 Å². The van der Waals surface area contributed by atoms with Crippen molar-refractivity contribution >= 4 is 10.0 Å². The van der Waals surface area contributed by atoms with Crippen molar-refractivity contribution in [3.63, 3.8) is 0 Å². The molecule has 0 bridgehead atoms. The van der Waals surface area contributed by atoms with Gasteiger partial charge in [0.1, 0.15) is 11.4 Å². The van der Waals surface area contributed by atoms with E-state index in [2.05, 4.69) is 13.8 Å². The number of hydrogen-bond acceptors (Lipinski definition) is 3. The summed E-state index contributed by atoms with van der Waals surface area (Å²) >= 11 is 0. The third kappa shape index (κ3) is 3.58. The van der Waals surface area contributed by atoms with Crippen molar-refractivity contribution in [1.82, 2.24) is 0 Å². The summed E-state index contributed by atoms with van der Waals surface area (Å²) in [6.45, 7) is 13.7. The van der Waals surface area contributed by atoms with E-state index in [-0.39, 0.29) is 11.9 Å². The van der Waals surface area contributed by atoms with Crippen molar-refractivity contribution < 1.29 is 14.6 Å². The molecular formula is C16H29NO3S. The summed E-state index contributed by atoms with van der Waals surface area (Å²) in [6, 6.07) is 0. The van der Waals surface area contributed by atoms with Gasteiger partial charge in [-0.25, -0.2) is 13.6 Å². The van der Waals surface area contributed by atoms with Crippen LogP contribution in [0.5, 0.6) is 5.75 Å². The predicted octanol–water partition coefficient (Wildman–Crippen LogP) is 3.64. The molecule has 0 saturated carbocycles. The minimum absolute atomic E-state index is 0. The van der Waals surface area contributed by atoms with Gasteiger partial charge in [0.25, 0.3) is 0 Å². The first-order valence-electron chi connectivity index (χ1n) is 7.30. The van der Waals surface area contributed by atoms with Crippen LogP contribution in [0.25, 0.3) is 0 Å². The Morgan fingerprint density at radius 1 is 1.14 bits per heavy atom. The van der Waals surface area contributed by atoms with Crippen LogP contribution in [0.4, 0.5) is 0 Å². The molecule has 1 aliphatic heterocycles. The van der Waals surface area contributed by atoms with E-state index in [9.17, 15) is 8.42 Å². The van der Waals surface area contributed by atoms with E-state index in [0.717, 1.165) is 22.4 Å². The maximum atomic E-state index is 11.7.